The summed E-state index contributed by atoms with van der Waals surface area (Å²) in [6.07, 6.45) is 0. The van der Waals surface area contributed by atoms with E-state index in [1.165, 1.54) is 0 Å². The van der Waals surface area contributed by atoms with E-state index in [1.54, 1.807) is 24.3 Å². The minimum absolute atomic E-state index is 0.629. The molecule has 3 nitrogen and oxygen atoms in total. The van der Waals surface area contributed by atoms with Crippen LogP contribution < -0.4 is 0 Å². The van der Waals surface area contributed by atoms with Gasteiger partial charge in [-0.1, -0.05) is 47.5 Å². The fourth-order valence-electron chi connectivity index (χ4n) is 2.73. The molecule has 0 spiro atoms. The molecule has 0 saturated carbocycles. The van der Waals surface area contributed by atoms with Crippen molar-refractivity contribution in [3.8, 4) is 0 Å². The zero-order chi connectivity index (χ0) is 15.7. The lowest BCUT2D eigenvalue weighted by molar-refractivity contribution is 0.143. The second-order valence-electron chi connectivity index (χ2n) is 5.35. The smallest absolute Gasteiger partial charge is 0.172 e. The number of nitrogens with zero attached hydrogens (tertiary/aromatic N) is 2. The molecule has 1 aliphatic rings. The summed E-state index contributed by atoms with van der Waals surface area (Å²) in [7, 11) is 1.93. The third kappa shape index (κ3) is 2.60. The summed E-state index contributed by atoms with van der Waals surface area (Å²) in [5.74, 6) is 0.636. The lowest BCUT2D eigenvalue weighted by Crippen LogP contribution is -2.44. The van der Waals surface area contributed by atoms with Crippen LogP contribution in [0.15, 0.2) is 53.5 Å². The SMILES string of the molecule is CN1CCN=C1C(O)(c1ccc(Cl)cc1)c1ccc(Cl)cc1. The summed E-state index contributed by atoms with van der Waals surface area (Å²) < 4.78 is 0. The molecule has 0 saturated heterocycles. The molecule has 0 fully saturated rings. The first-order chi connectivity index (χ1) is 10.5. The number of rotatable bonds is 3. The third-order valence-corrected chi connectivity index (χ3v) is 4.41. The van der Waals surface area contributed by atoms with Gasteiger partial charge in [0.15, 0.2) is 5.60 Å². The van der Waals surface area contributed by atoms with Crippen molar-refractivity contribution in [1.82, 2.24) is 4.90 Å². The van der Waals surface area contributed by atoms with Gasteiger partial charge in [0.1, 0.15) is 5.84 Å². The summed E-state index contributed by atoms with van der Waals surface area (Å²) in [6, 6.07) is 14.4. The van der Waals surface area contributed by atoms with Gasteiger partial charge < -0.3 is 10.0 Å². The minimum Gasteiger partial charge on any atom is -0.373 e. The van der Waals surface area contributed by atoms with Gasteiger partial charge in [-0.3, -0.25) is 4.99 Å². The Kier molecular flexibility index (Phi) is 4.13. The molecule has 2 aromatic rings. The molecule has 2 aromatic carbocycles. The zero-order valence-corrected chi connectivity index (χ0v) is 13.6. The summed E-state index contributed by atoms with van der Waals surface area (Å²) in [5, 5.41) is 12.8. The molecular formula is C17H16Cl2N2O. The molecule has 0 aromatic heterocycles. The normalized spacial score (nSPS) is 15.1. The topological polar surface area (TPSA) is 35.8 Å². The maximum absolute atomic E-state index is 11.5. The molecule has 3 rings (SSSR count). The lowest BCUT2D eigenvalue weighted by atomic mass is 9.84. The highest BCUT2D eigenvalue weighted by Crippen LogP contribution is 2.34. The van der Waals surface area contributed by atoms with E-state index < -0.39 is 5.60 Å². The molecule has 1 aliphatic heterocycles. The Hall–Kier alpha value is -1.55. The monoisotopic (exact) mass is 334 g/mol. The fraction of sp³-hybridized carbons (Fsp3) is 0.235. The van der Waals surface area contributed by atoms with E-state index in [0.717, 1.165) is 17.7 Å². The number of aliphatic hydroxyl groups is 1. The van der Waals surface area contributed by atoms with Crippen molar-refractivity contribution >= 4 is 29.0 Å². The summed E-state index contributed by atoms with van der Waals surface area (Å²) >= 11 is 12.0. The first-order valence-electron chi connectivity index (χ1n) is 7.02. The Labute approximate surface area is 139 Å². The maximum Gasteiger partial charge on any atom is 0.172 e. The molecule has 0 unspecified atom stereocenters. The average Bonchev–Trinajstić information content (AvgIpc) is 2.94. The molecule has 1 heterocycles. The number of hydrogen-bond donors (Lipinski definition) is 1. The molecule has 1 N–H and O–H groups in total. The van der Waals surface area contributed by atoms with Crippen LogP contribution in [0.5, 0.6) is 0 Å². The van der Waals surface area contributed by atoms with Crippen molar-refractivity contribution in [3.05, 3.63) is 69.7 Å². The average molecular weight is 335 g/mol. The number of aliphatic imine (C=N–C) groups is 1. The van der Waals surface area contributed by atoms with Gasteiger partial charge in [0, 0.05) is 23.6 Å². The Bertz CT molecular complexity index is 650. The number of halogens is 2. The highest BCUT2D eigenvalue weighted by atomic mass is 35.5. The molecule has 0 aliphatic carbocycles. The van der Waals surface area contributed by atoms with Gasteiger partial charge in [-0.25, -0.2) is 0 Å². The number of amidine groups is 1. The fourth-order valence-corrected chi connectivity index (χ4v) is 2.98. The largest absolute Gasteiger partial charge is 0.373 e. The van der Waals surface area contributed by atoms with Crippen LogP contribution in [0.2, 0.25) is 10.0 Å². The van der Waals surface area contributed by atoms with E-state index in [4.69, 9.17) is 23.2 Å². The molecular weight excluding hydrogens is 319 g/mol. The van der Waals surface area contributed by atoms with E-state index >= 15 is 0 Å². The van der Waals surface area contributed by atoms with E-state index in [-0.39, 0.29) is 0 Å². The van der Waals surface area contributed by atoms with E-state index in [2.05, 4.69) is 4.99 Å². The summed E-state index contributed by atoms with van der Waals surface area (Å²) in [6.45, 7) is 1.47. The van der Waals surface area contributed by atoms with Crippen molar-refractivity contribution in [2.24, 2.45) is 4.99 Å². The molecule has 5 heteroatoms. The second kappa shape index (κ2) is 5.92. The zero-order valence-electron chi connectivity index (χ0n) is 12.1. The minimum atomic E-state index is -1.32. The van der Waals surface area contributed by atoms with Crippen molar-refractivity contribution in [2.45, 2.75) is 5.60 Å². The number of hydrogen-bond acceptors (Lipinski definition) is 3. The van der Waals surface area contributed by atoms with Crippen LogP contribution in [0, 0.1) is 0 Å². The first-order valence-corrected chi connectivity index (χ1v) is 7.78. The van der Waals surface area contributed by atoms with E-state index in [1.807, 2.05) is 36.2 Å². The second-order valence-corrected chi connectivity index (χ2v) is 6.22. The van der Waals surface area contributed by atoms with Crippen LogP contribution >= 0.6 is 23.2 Å². The molecule has 0 bridgehead atoms. The molecule has 114 valence electrons. The van der Waals surface area contributed by atoms with Crippen LogP contribution in [-0.4, -0.2) is 36.0 Å². The van der Waals surface area contributed by atoms with Crippen LogP contribution in [0.25, 0.3) is 0 Å². The Morgan fingerprint density at radius 2 is 1.41 bits per heavy atom. The van der Waals surface area contributed by atoms with Crippen LogP contribution in [0.1, 0.15) is 11.1 Å². The lowest BCUT2D eigenvalue weighted by Gasteiger charge is -2.33. The maximum atomic E-state index is 11.5. The van der Waals surface area contributed by atoms with Gasteiger partial charge >= 0.3 is 0 Å². The van der Waals surface area contributed by atoms with E-state index in [0.29, 0.717) is 22.4 Å². The van der Waals surface area contributed by atoms with Gasteiger partial charge in [0.25, 0.3) is 0 Å². The van der Waals surface area contributed by atoms with Gasteiger partial charge in [-0.15, -0.1) is 0 Å². The quantitative estimate of drug-likeness (QED) is 0.931. The number of likely N-dealkylation sites (N-methyl/N-ethyl adjacent to an activating group) is 1. The van der Waals surface area contributed by atoms with Crippen LogP contribution in [-0.2, 0) is 5.60 Å². The van der Waals surface area contributed by atoms with Crippen molar-refractivity contribution in [3.63, 3.8) is 0 Å². The van der Waals surface area contributed by atoms with E-state index in [9.17, 15) is 5.11 Å². The third-order valence-electron chi connectivity index (χ3n) is 3.91. The number of benzene rings is 2. The van der Waals surface area contributed by atoms with Crippen molar-refractivity contribution < 1.29 is 5.11 Å². The Balaban J connectivity index is 2.17. The first kappa shape index (κ1) is 15.3. The van der Waals surface area contributed by atoms with Crippen molar-refractivity contribution in [1.29, 1.82) is 0 Å². The highest BCUT2D eigenvalue weighted by molar-refractivity contribution is 6.30. The predicted molar refractivity (Wildman–Crippen MR) is 90.8 cm³/mol. The Morgan fingerprint density at radius 3 is 1.77 bits per heavy atom. The molecule has 0 amide bonds. The molecule has 0 radical (unpaired) electrons. The summed E-state index contributed by atoms with van der Waals surface area (Å²) in [5.41, 5.74) is 0.138. The summed E-state index contributed by atoms with van der Waals surface area (Å²) in [4.78, 5) is 6.49. The predicted octanol–water partition coefficient (Wildman–Crippen LogP) is 3.57. The van der Waals surface area contributed by atoms with Gasteiger partial charge in [0.05, 0.1) is 6.54 Å². The van der Waals surface area contributed by atoms with Crippen LogP contribution in [0.3, 0.4) is 0 Å². The van der Waals surface area contributed by atoms with Gasteiger partial charge in [0.2, 0.25) is 0 Å². The van der Waals surface area contributed by atoms with Gasteiger partial charge in [-0.05, 0) is 35.4 Å². The highest BCUT2D eigenvalue weighted by Gasteiger charge is 2.41. The van der Waals surface area contributed by atoms with Gasteiger partial charge in [-0.2, -0.15) is 0 Å². The standard InChI is InChI=1S/C17H16Cl2N2O/c1-21-11-10-20-16(21)17(22,12-2-6-14(18)7-3-12)13-4-8-15(19)9-5-13/h2-9,22H,10-11H2,1H3. The van der Waals surface area contributed by atoms with Crippen molar-refractivity contribution in [2.75, 3.05) is 20.1 Å². The molecule has 0 atom stereocenters. The van der Waals surface area contributed by atoms with Crippen LogP contribution in [0.4, 0.5) is 0 Å². The Morgan fingerprint density at radius 1 is 0.955 bits per heavy atom. The molecule has 22 heavy (non-hydrogen) atoms.